The summed E-state index contributed by atoms with van der Waals surface area (Å²) in [4.78, 5) is 12.1. The van der Waals surface area contributed by atoms with Gasteiger partial charge in [-0.1, -0.05) is 59.9 Å². The van der Waals surface area contributed by atoms with Gasteiger partial charge in [-0.25, -0.2) is 0 Å². The van der Waals surface area contributed by atoms with Gasteiger partial charge in [0.2, 0.25) is 11.0 Å². The molecule has 2 aromatic carbocycles. The average Bonchev–Trinajstić information content (AvgIpc) is 3.13. The topological polar surface area (TPSA) is 92.3 Å². The quantitative estimate of drug-likeness (QED) is 0.614. The van der Waals surface area contributed by atoms with Crippen molar-refractivity contribution >= 4 is 38.1 Å². The van der Waals surface area contributed by atoms with E-state index in [2.05, 4.69) is 15.5 Å². The van der Waals surface area contributed by atoms with E-state index in [0.29, 0.717) is 5.69 Å². The van der Waals surface area contributed by atoms with Gasteiger partial charge < -0.3 is 5.32 Å². The van der Waals surface area contributed by atoms with E-state index in [1.54, 1.807) is 31.2 Å². The Morgan fingerprint density at radius 2 is 1.67 bits per heavy atom. The van der Waals surface area contributed by atoms with Crippen LogP contribution in [0.5, 0.6) is 0 Å². The van der Waals surface area contributed by atoms with Crippen molar-refractivity contribution in [3.05, 3.63) is 66.2 Å². The van der Waals surface area contributed by atoms with Gasteiger partial charge in [0, 0.05) is 6.54 Å². The molecule has 0 bridgehead atoms. The third-order valence-electron chi connectivity index (χ3n) is 3.70. The molecule has 0 unspecified atom stereocenters. The Kier molecular flexibility index (Phi) is 5.82. The lowest BCUT2D eigenvalue weighted by Gasteiger charge is -2.20. The maximum atomic E-state index is 12.9. The van der Waals surface area contributed by atoms with E-state index < -0.39 is 10.0 Å². The molecular formula is C18H18N4O3S2. The minimum absolute atomic E-state index is 0.152. The van der Waals surface area contributed by atoms with E-state index >= 15 is 0 Å². The highest BCUT2D eigenvalue weighted by Gasteiger charge is 2.28. The number of sulfonamides is 1. The lowest BCUT2D eigenvalue weighted by molar-refractivity contribution is -0.115. The maximum Gasteiger partial charge on any atom is 0.293 e. The molecule has 0 aliphatic heterocycles. The predicted molar refractivity (Wildman–Crippen MR) is 105 cm³/mol. The molecule has 0 saturated carbocycles. The predicted octanol–water partition coefficient (Wildman–Crippen LogP) is 2.93. The molecule has 140 valence electrons. The van der Waals surface area contributed by atoms with Gasteiger partial charge in [0.05, 0.1) is 12.1 Å². The maximum absolute atomic E-state index is 12.9. The van der Waals surface area contributed by atoms with Crippen molar-refractivity contribution in [1.29, 1.82) is 0 Å². The number of amides is 1. The fourth-order valence-corrected chi connectivity index (χ4v) is 4.98. The zero-order chi connectivity index (χ0) is 19.3. The number of carbonyl (C=O) groups is 1. The Morgan fingerprint density at radius 3 is 2.30 bits per heavy atom. The number of aromatic nitrogens is 2. The normalized spacial score (nSPS) is 11.1. The number of hydrogen-bond donors (Lipinski definition) is 1. The van der Waals surface area contributed by atoms with Crippen LogP contribution in [0.15, 0.2) is 65.0 Å². The Balaban J connectivity index is 1.75. The number of benzene rings is 2. The number of rotatable bonds is 7. The van der Waals surface area contributed by atoms with Gasteiger partial charge in [-0.3, -0.25) is 9.10 Å². The first-order chi connectivity index (χ1) is 13.0. The zero-order valence-corrected chi connectivity index (χ0v) is 16.2. The highest BCUT2D eigenvalue weighted by atomic mass is 32.2. The fourth-order valence-electron chi connectivity index (χ4n) is 2.49. The average molecular weight is 403 g/mol. The number of nitrogens with one attached hydrogen (secondary N) is 1. The first-order valence-electron chi connectivity index (χ1n) is 8.26. The van der Waals surface area contributed by atoms with Crippen LogP contribution in [0.1, 0.15) is 12.5 Å². The molecule has 0 atom stereocenters. The molecule has 7 nitrogen and oxygen atoms in total. The van der Waals surface area contributed by atoms with Crippen LogP contribution in [-0.2, 0) is 21.2 Å². The monoisotopic (exact) mass is 402 g/mol. The largest absolute Gasteiger partial charge is 0.300 e. The molecule has 0 aliphatic carbocycles. The third-order valence-corrected chi connectivity index (χ3v) is 6.79. The van der Waals surface area contributed by atoms with E-state index in [1.807, 2.05) is 36.4 Å². The summed E-state index contributed by atoms with van der Waals surface area (Å²) in [6.07, 6.45) is 0.174. The lowest BCUT2D eigenvalue weighted by atomic mass is 10.1. The second-order valence-corrected chi connectivity index (χ2v) is 8.60. The molecule has 1 N–H and O–H groups in total. The summed E-state index contributed by atoms with van der Waals surface area (Å²) in [7, 11) is -3.85. The standard InChI is InChI=1S/C18H18N4O3S2/c1-2-22(15-11-7-4-8-12-15)27(24,25)18-21-20-17(26-18)19-16(23)13-14-9-5-3-6-10-14/h3-12H,2,13H2,1H3,(H,19,20,23). The minimum atomic E-state index is -3.85. The summed E-state index contributed by atoms with van der Waals surface area (Å²) in [6.45, 7) is 2.00. The molecule has 1 heterocycles. The van der Waals surface area contributed by atoms with Crippen molar-refractivity contribution in [2.45, 2.75) is 17.7 Å². The van der Waals surface area contributed by atoms with Gasteiger partial charge in [0.15, 0.2) is 0 Å². The molecule has 27 heavy (non-hydrogen) atoms. The third kappa shape index (κ3) is 4.50. The van der Waals surface area contributed by atoms with Crippen LogP contribution in [-0.4, -0.2) is 31.1 Å². The van der Waals surface area contributed by atoms with E-state index in [9.17, 15) is 13.2 Å². The van der Waals surface area contributed by atoms with Gasteiger partial charge in [0.1, 0.15) is 0 Å². The number of anilines is 2. The molecule has 3 rings (SSSR count). The van der Waals surface area contributed by atoms with Crippen LogP contribution in [0.25, 0.3) is 0 Å². The second-order valence-electron chi connectivity index (χ2n) is 5.59. The van der Waals surface area contributed by atoms with Crippen molar-refractivity contribution in [2.75, 3.05) is 16.2 Å². The molecule has 0 spiro atoms. The van der Waals surface area contributed by atoms with Crippen molar-refractivity contribution < 1.29 is 13.2 Å². The first kappa shape index (κ1) is 19.0. The van der Waals surface area contributed by atoms with Crippen molar-refractivity contribution in [3.8, 4) is 0 Å². The van der Waals surface area contributed by atoms with E-state index in [0.717, 1.165) is 16.9 Å². The summed E-state index contributed by atoms with van der Waals surface area (Å²) in [6, 6.07) is 18.0. The summed E-state index contributed by atoms with van der Waals surface area (Å²) in [5, 5.41) is 10.3. The van der Waals surface area contributed by atoms with E-state index in [-0.39, 0.29) is 28.3 Å². The summed E-state index contributed by atoms with van der Waals surface area (Å²) >= 11 is 0.833. The molecule has 1 aromatic heterocycles. The van der Waals surface area contributed by atoms with Gasteiger partial charge >= 0.3 is 0 Å². The van der Waals surface area contributed by atoms with Crippen LogP contribution in [0.4, 0.5) is 10.8 Å². The van der Waals surface area contributed by atoms with Gasteiger partial charge in [0.25, 0.3) is 14.4 Å². The Bertz CT molecular complexity index is 1010. The Labute approximate surface area is 161 Å². The van der Waals surface area contributed by atoms with Crippen molar-refractivity contribution in [3.63, 3.8) is 0 Å². The van der Waals surface area contributed by atoms with Gasteiger partial charge in [-0.2, -0.15) is 8.42 Å². The molecule has 9 heteroatoms. The smallest absolute Gasteiger partial charge is 0.293 e. The van der Waals surface area contributed by atoms with Crippen molar-refractivity contribution in [2.24, 2.45) is 0 Å². The second kappa shape index (κ2) is 8.28. The molecule has 0 aliphatic rings. The summed E-state index contributed by atoms with van der Waals surface area (Å²) in [5.41, 5.74) is 1.40. The molecule has 1 amide bonds. The molecular weight excluding hydrogens is 384 g/mol. The number of nitrogens with zero attached hydrogens (tertiary/aromatic N) is 3. The summed E-state index contributed by atoms with van der Waals surface area (Å²) in [5.74, 6) is -0.281. The van der Waals surface area contributed by atoms with E-state index in [1.165, 1.54) is 4.31 Å². The highest BCUT2D eigenvalue weighted by molar-refractivity contribution is 7.94. The van der Waals surface area contributed by atoms with Crippen LogP contribution in [0.3, 0.4) is 0 Å². The lowest BCUT2D eigenvalue weighted by Crippen LogP contribution is -2.30. The highest BCUT2D eigenvalue weighted by Crippen LogP contribution is 2.27. The molecule has 0 fully saturated rings. The number of carbonyl (C=O) groups excluding carboxylic acids is 1. The fraction of sp³-hybridized carbons (Fsp3) is 0.167. The van der Waals surface area contributed by atoms with Gasteiger partial charge in [-0.15, -0.1) is 10.2 Å². The van der Waals surface area contributed by atoms with Gasteiger partial charge in [-0.05, 0) is 24.6 Å². The zero-order valence-electron chi connectivity index (χ0n) is 14.6. The van der Waals surface area contributed by atoms with Crippen LogP contribution in [0.2, 0.25) is 0 Å². The summed E-state index contributed by atoms with van der Waals surface area (Å²) < 4.78 is 26.8. The van der Waals surface area contributed by atoms with E-state index in [4.69, 9.17) is 0 Å². The Hall–Kier alpha value is -2.78. The van der Waals surface area contributed by atoms with Crippen molar-refractivity contribution in [1.82, 2.24) is 10.2 Å². The van der Waals surface area contributed by atoms with Crippen LogP contribution >= 0.6 is 11.3 Å². The minimum Gasteiger partial charge on any atom is -0.300 e. The Morgan fingerprint density at radius 1 is 1.04 bits per heavy atom. The number of hydrogen-bond acceptors (Lipinski definition) is 6. The van der Waals surface area contributed by atoms with Crippen LogP contribution < -0.4 is 9.62 Å². The number of para-hydroxylation sites is 1. The molecule has 0 saturated heterocycles. The SMILES string of the molecule is CCN(c1ccccc1)S(=O)(=O)c1nnc(NC(=O)Cc2ccccc2)s1. The van der Waals surface area contributed by atoms with Crippen LogP contribution in [0, 0.1) is 0 Å². The molecule has 3 aromatic rings. The first-order valence-corrected chi connectivity index (χ1v) is 10.5. The molecule has 0 radical (unpaired) electrons.